The van der Waals surface area contributed by atoms with Gasteiger partial charge in [-0.1, -0.05) is 24.3 Å². The number of fused-ring (bicyclic) bond motifs is 4. The number of carbonyl (C=O) groups excluding carboxylic acids is 2. The van der Waals surface area contributed by atoms with E-state index in [0.29, 0.717) is 21.9 Å². The summed E-state index contributed by atoms with van der Waals surface area (Å²) < 4.78 is 35.4. The number of hydrogen-bond acceptors (Lipinski definition) is 4. The van der Waals surface area contributed by atoms with Crippen molar-refractivity contribution in [2.24, 2.45) is 0 Å². The number of imide groups is 1. The molecule has 0 unspecified atom stereocenters. The summed E-state index contributed by atoms with van der Waals surface area (Å²) in [5.41, 5.74) is 2.90. The molecule has 32 heavy (non-hydrogen) atoms. The molecule has 3 aromatic carbocycles. The van der Waals surface area contributed by atoms with E-state index < -0.39 is 15.5 Å². The van der Waals surface area contributed by atoms with Gasteiger partial charge in [0.15, 0.2) is 5.71 Å². The first-order chi connectivity index (χ1) is 15.0. The second kappa shape index (κ2) is 6.57. The van der Waals surface area contributed by atoms with Crippen LogP contribution in [0, 0.1) is 0 Å². The van der Waals surface area contributed by atoms with E-state index in [2.05, 4.69) is 0 Å². The molecule has 0 aliphatic carbocycles. The van der Waals surface area contributed by atoms with Crippen LogP contribution in [0.3, 0.4) is 0 Å². The summed E-state index contributed by atoms with van der Waals surface area (Å²) in [7, 11) is -4.39. The van der Waals surface area contributed by atoms with E-state index >= 15 is 0 Å². The van der Waals surface area contributed by atoms with Crippen LogP contribution in [0.4, 0.5) is 5.69 Å². The largest absolute Gasteiger partial charge is 0.295 e. The molecule has 0 saturated heterocycles. The van der Waals surface area contributed by atoms with Crippen LogP contribution in [-0.4, -0.2) is 46.6 Å². The van der Waals surface area contributed by atoms with Crippen LogP contribution in [0.5, 0.6) is 0 Å². The lowest BCUT2D eigenvalue weighted by Crippen LogP contribution is -2.37. The molecule has 0 spiro atoms. The first-order valence-corrected chi connectivity index (χ1v) is 11.6. The topological polar surface area (TPSA) is 94.8 Å². The summed E-state index contributed by atoms with van der Waals surface area (Å²) in [5.74, 6) is -0.668. The Hall–Kier alpha value is -3.36. The van der Waals surface area contributed by atoms with Crippen molar-refractivity contribution in [2.45, 2.75) is 31.1 Å². The zero-order valence-electron chi connectivity index (χ0n) is 17.8. The summed E-state index contributed by atoms with van der Waals surface area (Å²) in [6.07, 6.45) is 0. The lowest BCUT2D eigenvalue weighted by atomic mass is 9.80. The molecule has 0 saturated carbocycles. The summed E-state index contributed by atoms with van der Waals surface area (Å²) in [5, 5.41) is 1.13. The van der Waals surface area contributed by atoms with Gasteiger partial charge in [-0.25, -0.2) is 4.90 Å². The third-order valence-electron chi connectivity index (χ3n) is 6.66. The molecule has 3 aromatic rings. The Morgan fingerprint density at radius 1 is 0.906 bits per heavy atom. The Morgan fingerprint density at radius 2 is 1.53 bits per heavy atom. The van der Waals surface area contributed by atoms with Crippen molar-refractivity contribution < 1.29 is 27.1 Å². The molecule has 2 heterocycles. The normalized spacial score (nSPS) is 17.3. The fraction of sp³-hybridized carbons (Fsp3) is 0.208. The van der Waals surface area contributed by atoms with Gasteiger partial charge >= 0.3 is 0 Å². The van der Waals surface area contributed by atoms with Crippen LogP contribution in [0.1, 0.15) is 47.1 Å². The number of amides is 2. The van der Waals surface area contributed by atoms with Crippen LogP contribution >= 0.6 is 0 Å². The second-order valence-corrected chi connectivity index (χ2v) is 10.0. The maximum absolute atomic E-state index is 12.9. The summed E-state index contributed by atoms with van der Waals surface area (Å²) in [6, 6.07) is 15.0. The quantitative estimate of drug-likeness (QED) is 0.373. The van der Waals surface area contributed by atoms with Gasteiger partial charge in [0.1, 0.15) is 4.90 Å². The van der Waals surface area contributed by atoms with Gasteiger partial charge in [-0.3, -0.25) is 14.1 Å². The van der Waals surface area contributed by atoms with Crippen molar-refractivity contribution in [2.75, 3.05) is 6.67 Å². The number of carbonyl (C=O) groups is 2. The fourth-order valence-electron chi connectivity index (χ4n) is 4.81. The van der Waals surface area contributed by atoms with Crippen molar-refractivity contribution in [3.05, 3.63) is 71.3 Å². The molecule has 0 fully saturated rings. The van der Waals surface area contributed by atoms with E-state index in [4.69, 9.17) is 0 Å². The van der Waals surface area contributed by atoms with E-state index in [1.54, 1.807) is 42.5 Å². The van der Waals surface area contributed by atoms with Crippen molar-refractivity contribution in [3.8, 4) is 0 Å². The minimum absolute atomic E-state index is 0.0537. The van der Waals surface area contributed by atoms with Crippen LogP contribution in [0.25, 0.3) is 10.8 Å². The molecule has 2 amide bonds. The van der Waals surface area contributed by atoms with Gasteiger partial charge in [0.25, 0.3) is 21.9 Å². The van der Waals surface area contributed by atoms with Crippen LogP contribution < -0.4 is 0 Å². The van der Waals surface area contributed by atoms with Crippen LogP contribution in [0.2, 0.25) is 0 Å². The highest BCUT2D eigenvalue weighted by Gasteiger charge is 2.47. The number of rotatable bonds is 3. The maximum atomic E-state index is 12.9. The highest BCUT2D eigenvalue weighted by Crippen LogP contribution is 2.45. The predicted molar refractivity (Wildman–Crippen MR) is 119 cm³/mol. The van der Waals surface area contributed by atoms with Gasteiger partial charge in [-0.2, -0.15) is 13.0 Å². The van der Waals surface area contributed by atoms with Crippen LogP contribution in [0.15, 0.2) is 59.5 Å². The predicted octanol–water partition coefficient (Wildman–Crippen LogP) is 3.74. The molecule has 2 aliphatic heterocycles. The monoisotopic (exact) mass is 449 g/mol. The van der Waals surface area contributed by atoms with Gasteiger partial charge < -0.3 is 0 Å². The summed E-state index contributed by atoms with van der Waals surface area (Å²) in [4.78, 5) is 26.9. The van der Waals surface area contributed by atoms with Crippen molar-refractivity contribution >= 4 is 44.1 Å². The first kappa shape index (κ1) is 20.5. The molecule has 2 aliphatic rings. The van der Waals surface area contributed by atoms with Crippen molar-refractivity contribution in [1.29, 1.82) is 0 Å². The molecule has 7 nitrogen and oxygen atoms in total. The van der Waals surface area contributed by atoms with Gasteiger partial charge in [0, 0.05) is 23.9 Å². The Labute approximate surface area is 185 Å². The Bertz CT molecular complexity index is 1470. The Kier molecular flexibility index (Phi) is 4.22. The lowest BCUT2D eigenvalue weighted by molar-refractivity contribution is -0.455. The van der Waals surface area contributed by atoms with E-state index in [9.17, 15) is 22.6 Å². The molecule has 0 radical (unpaired) electrons. The average Bonchev–Trinajstić information content (AvgIpc) is 3.10. The Balaban J connectivity index is 1.66. The highest BCUT2D eigenvalue weighted by molar-refractivity contribution is 7.86. The van der Waals surface area contributed by atoms with Crippen molar-refractivity contribution in [3.63, 3.8) is 0 Å². The Morgan fingerprint density at radius 3 is 2.12 bits per heavy atom. The van der Waals surface area contributed by atoms with Gasteiger partial charge in [0.05, 0.1) is 16.5 Å². The molecular weight excluding hydrogens is 428 g/mol. The third kappa shape index (κ3) is 2.69. The van der Waals surface area contributed by atoms with Gasteiger partial charge in [0.2, 0.25) is 12.4 Å². The number of benzene rings is 3. The molecule has 8 heteroatoms. The standard InChI is InChI=1S/C24H20N2O5S/c1-14-24(2,3)21-16-9-6-10-20(32(29,30)31)15(16)11-12-19(21)25(14)13-26-22(27)17-7-4-5-8-18(17)23(26)28/h4-12H,13H2,1-3H3/p+1. The van der Waals surface area contributed by atoms with E-state index in [1.807, 2.05) is 31.4 Å². The molecule has 0 bridgehead atoms. The third-order valence-corrected chi connectivity index (χ3v) is 7.58. The summed E-state index contributed by atoms with van der Waals surface area (Å²) >= 11 is 0. The van der Waals surface area contributed by atoms with Crippen molar-refractivity contribution in [1.82, 2.24) is 4.90 Å². The fourth-order valence-corrected chi connectivity index (χ4v) is 5.52. The zero-order valence-corrected chi connectivity index (χ0v) is 18.6. The lowest BCUT2D eigenvalue weighted by Gasteiger charge is -2.17. The second-order valence-electron chi connectivity index (χ2n) is 8.65. The molecule has 0 aromatic heterocycles. The highest BCUT2D eigenvalue weighted by atomic mass is 32.2. The smallest absolute Gasteiger partial charge is 0.282 e. The molecule has 0 atom stereocenters. The van der Waals surface area contributed by atoms with E-state index in [0.717, 1.165) is 17.0 Å². The molecule has 5 rings (SSSR count). The van der Waals surface area contributed by atoms with Gasteiger partial charge in [-0.15, -0.1) is 0 Å². The average molecular weight is 450 g/mol. The number of nitrogens with zero attached hydrogens (tertiary/aromatic N) is 2. The van der Waals surface area contributed by atoms with E-state index in [-0.39, 0.29) is 23.4 Å². The van der Waals surface area contributed by atoms with E-state index in [1.165, 1.54) is 11.0 Å². The molecular formula is C24H21N2O5S+. The molecule has 1 N–H and O–H groups in total. The minimum atomic E-state index is -4.39. The maximum Gasteiger partial charge on any atom is 0.295 e. The first-order valence-electron chi connectivity index (χ1n) is 10.1. The zero-order chi connectivity index (χ0) is 23.0. The minimum Gasteiger partial charge on any atom is -0.282 e. The van der Waals surface area contributed by atoms with Gasteiger partial charge in [-0.05, 0) is 43.5 Å². The number of hydrogen-bond donors (Lipinski definition) is 1. The van der Waals surface area contributed by atoms with Crippen LogP contribution in [-0.2, 0) is 15.5 Å². The molecule has 162 valence electrons. The SMILES string of the molecule is CC1=[N+](CN2C(=O)c3ccccc3C2=O)c2ccc3c(S(=O)(=O)O)cccc3c2C1(C)C. The summed E-state index contributed by atoms with van der Waals surface area (Å²) in [6.45, 7) is 6.03.